The van der Waals surface area contributed by atoms with Crippen LogP contribution in [0.2, 0.25) is 0 Å². The van der Waals surface area contributed by atoms with Crippen molar-refractivity contribution in [2.24, 2.45) is 0 Å². The monoisotopic (exact) mass is 395 g/mol. The van der Waals surface area contributed by atoms with Crippen molar-refractivity contribution in [3.05, 3.63) is 59.7 Å². The van der Waals surface area contributed by atoms with Gasteiger partial charge < -0.3 is 4.74 Å². The molecule has 28 heavy (non-hydrogen) atoms. The highest BCUT2D eigenvalue weighted by Crippen LogP contribution is 2.31. The van der Waals surface area contributed by atoms with E-state index in [1.165, 1.54) is 11.8 Å². The van der Waals surface area contributed by atoms with Crippen molar-refractivity contribution in [3.63, 3.8) is 0 Å². The number of ether oxygens (including phenoxy) is 1. The molecule has 1 heterocycles. The Morgan fingerprint density at radius 3 is 2.21 bits per heavy atom. The summed E-state index contributed by atoms with van der Waals surface area (Å²) in [5.74, 6) is 1.68. The van der Waals surface area contributed by atoms with Gasteiger partial charge in [0.15, 0.2) is 16.8 Å². The van der Waals surface area contributed by atoms with Crippen molar-refractivity contribution >= 4 is 17.5 Å². The normalized spacial score (nSPS) is 12.2. The highest BCUT2D eigenvalue weighted by atomic mass is 32.2. The Morgan fingerprint density at radius 1 is 1.00 bits per heavy atom. The van der Waals surface area contributed by atoms with Crippen LogP contribution >= 0.6 is 11.8 Å². The third-order valence-corrected chi connectivity index (χ3v) is 5.57. The van der Waals surface area contributed by atoms with E-state index in [0.29, 0.717) is 0 Å². The average Bonchev–Trinajstić information content (AvgIpc) is 3.11. The van der Waals surface area contributed by atoms with Gasteiger partial charge in [0.05, 0.1) is 12.4 Å². The van der Waals surface area contributed by atoms with Crippen LogP contribution in [-0.2, 0) is 0 Å². The molecule has 0 bridgehead atoms. The molecule has 1 aromatic heterocycles. The molecule has 2 aromatic carbocycles. The van der Waals surface area contributed by atoms with Crippen molar-refractivity contribution in [1.82, 2.24) is 14.8 Å². The summed E-state index contributed by atoms with van der Waals surface area (Å²) >= 11 is 1.44. The summed E-state index contributed by atoms with van der Waals surface area (Å²) in [6.45, 7) is 8.11. The standard InChI is InChI=1S/C22H25N3O2S/c1-14(2)25-21(18-10-12-19(27-5)13-11-18)23-24-22(25)28-16(4)20(26)17-8-6-15(3)7-9-17/h6-14,16H,1-5H3. The summed E-state index contributed by atoms with van der Waals surface area (Å²) in [6, 6.07) is 15.6. The van der Waals surface area contributed by atoms with Crippen LogP contribution < -0.4 is 4.74 Å². The Hall–Kier alpha value is -2.60. The van der Waals surface area contributed by atoms with Crippen LogP contribution in [0.15, 0.2) is 53.7 Å². The van der Waals surface area contributed by atoms with E-state index in [9.17, 15) is 4.79 Å². The summed E-state index contributed by atoms with van der Waals surface area (Å²) in [5.41, 5.74) is 2.82. The first-order valence-corrected chi connectivity index (χ1v) is 10.2. The zero-order chi connectivity index (χ0) is 20.3. The maximum atomic E-state index is 12.8. The predicted molar refractivity (Wildman–Crippen MR) is 113 cm³/mol. The molecule has 1 unspecified atom stereocenters. The minimum Gasteiger partial charge on any atom is -0.497 e. The van der Waals surface area contributed by atoms with Gasteiger partial charge in [0, 0.05) is 17.2 Å². The smallest absolute Gasteiger partial charge is 0.192 e. The van der Waals surface area contributed by atoms with E-state index < -0.39 is 0 Å². The third-order valence-electron chi connectivity index (χ3n) is 4.52. The highest BCUT2D eigenvalue weighted by molar-refractivity contribution is 8.00. The quantitative estimate of drug-likeness (QED) is 0.406. The largest absolute Gasteiger partial charge is 0.497 e. The summed E-state index contributed by atoms with van der Waals surface area (Å²) in [5, 5.41) is 9.27. The lowest BCUT2D eigenvalue weighted by Crippen LogP contribution is -2.15. The zero-order valence-corrected chi connectivity index (χ0v) is 17.7. The number of rotatable bonds is 7. The fourth-order valence-electron chi connectivity index (χ4n) is 2.92. The maximum Gasteiger partial charge on any atom is 0.192 e. The first-order valence-electron chi connectivity index (χ1n) is 9.27. The number of Topliss-reactive ketones (excluding diaryl/α,β-unsaturated/α-hetero) is 1. The fourth-order valence-corrected chi connectivity index (χ4v) is 3.98. The van der Waals surface area contributed by atoms with E-state index in [2.05, 4.69) is 28.6 Å². The Labute approximate surface area is 170 Å². The van der Waals surface area contributed by atoms with Crippen LogP contribution in [-0.4, -0.2) is 32.9 Å². The number of methoxy groups -OCH3 is 1. The van der Waals surface area contributed by atoms with E-state index in [1.54, 1.807) is 7.11 Å². The Balaban J connectivity index is 1.86. The second kappa shape index (κ2) is 8.61. The minimum atomic E-state index is -0.256. The maximum absolute atomic E-state index is 12.8. The topological polar surface area (TPSA) is 57.0 Å². The van der Waals surface area contributed by atoms with Crippen molar-refractivity contribution in [1.29, 1.82) is 0 Å². The summed E-state index contributed by atoms with van der Waals surface area (Å²) < 4.78 is 7.31. The molecule has 0 saturated carbocycles. The molecular weight excluding hydrogens is 370 g/mol. The third kappa shape index (κ3) is 4.28. The van der Waals surface area contributed by atoms with Crippen LogP contribution in [0.5, 0.6) is 5.75 Å². The molecule has 0 aliphatic rings. The molecule has 0 aliphatic heterocycles. The molecule has 3 aromatic rings. The number of carbonyl (C=O) groups is 1. The van der Waals surface area contributed by atoms with Gasteiger partial charge in [0.25, 0.3) is 0 Å². The van der Waals surface area contributed by atoms with E-state index in [0.717, 1.165) is 33.4 Å². The van der Waals surface area contributed by atoms with Gasteiger partial charge in [-0.25, -0.2) is 0 Å². The highest BCUT2D eigenvalue weighted by Gasteiger charge is 2.23. The average molecular weight is 396 g/mol. The van der Waals surface area contributed by atoms with Gasteiger partial charge in [-0.1, -0.05) is 41.6 Å². The molecule has 0 spiro atoms. The number of benzene rings is 2. The van der Waals surface area contributed by atoms with Crippen LogP contribution in [0.1, 0.15) is 42.7 Å². The van der Waals surface area contributed by atoms with Gasteiger partial charge in [0.2, 0.25) is 0 Å². The second-order valence-corrected chi connectivity index (χ2v) is 8.30. The number of aromatic nitrogens is 3. The summed E-state index contributed by atoms with van der Waals surface area (Å²) in [7, 11) is 1.65. The lowest BCUT2D eigenvalue weighted by Gasteiger charge is -2.16. The number of ketones is 1. The molecule has 5 nitrogen and oxygen atoms in total. The van der Waals surface area contributed by atoms with Crippen LogP contribution in [0.3, 0.4) is 0 Å². The number of aryl methyl sites for hydroxylation is 1. The molecule has 3 rings (SSSR count). The van der Waals surface area contributed by atoms with Gasteiger partial charge in [-0.2, -0.15) is 0 Å². The molecule has 0 N–H and O–H groups in total. The van der Waals surface area contributed by atoms with Gasteiger partial charge in [-0.05, 0) is 52.0 Å². The molecule has 1 atom stereocenters. The predicted octanol–water partition coefficient (Wildman–Crippen LogP) is 5.21. The molecular formula is C22H25N3O2S. The SMILES string of the molecule is COc1ccc(-c2nnc(SC(C)C(=O)c3ccc(C)cc3)n2C(C)C)cc1. The number of hydrogen-bond acceptors (Lipinski definition) is 5. The van der Waals surface area contributed by atoms with Crippen LogP contribution in [0, 0.1) is 6.92 Å². The van der Waals surface area contributed by atoms with Gasteiger partial charge in [-0.3, -0.25) is 9.36 Å². The van der Waals surface area contributed by atoms with Gasteiger partial charge >= 0.3 is 0 Å². The van der Waals surface area contributed by atoms with Gasteiger partial charge in [-0.15, -0.1) is 10.2 Å². The molecule has 0 amide bonds. The van der Waals surface area contributed by atoms with Crippen molar-refractivity contribution in [3.8, 4) is 17.1 Å². The Morgan fingerprint density at radius 2 is 1.64 bits per heavy atom. The Bertz CT molecular complexity index is 947. The lowest BCUT2D eigenvalue weighted by molar-refractivity contribution is 0.0994. The van der Waals surface area contributed by atoms with E-state index >= 15 is 0 Å². The first-order chi connectivity index (χ1) is 13.4. The number of nitrogens with zero attached hydrogens (tertiary/aromatic N) is 3. The van der Waals surface area contributed by atoms with Crippen molar-refractivity contribution in [2.45, 2.75) is 44.1 Å². The number of hydrogen-bond donors (Lipinski definition) is 0. The van der Waals surface area contributed by atoms with Crippen LogP contribution in [0.4, 0.5) is 0 Å². The van der Waals surface area contributed by atoms with E-state index in [-0.39, 0.29) is 17.1 Å². The fraction of sp³-hybridized carbons (Fsp3) is 0.318. The molecule has 0 radical (unpaired) electrons. The lowest BCUT2D eigenvalue weighted by atomic mass is 10.1. The van der Waals surface area contributed by atoms with E-state index in [4.69, 9.17) is 4.74 Å². The zero-order valence-electron chi connectivity index (χ0n) is 16.8. The van der Waals surface area contributed by atoms with Crippen molar-refractivity contribution in [2.75, 3.05) is 7.11 Å². The number of carbonyl (C=O) groups excluding carboxylic acids is 1. The molecule has 0 aliphatic carbocycles. The number of thioether (sulfide) groups is 1. The summed E-state index contributed by atoms with van der Waals surface area (Å²) in [4.78, 5) is 12.8. The molecule has 146 valence electrons. The molecule has 6 heteroatoms. The molecule has 0 saturated heterocycles. The first kappa shape index (κ1) is 20.1. The summed E-state index contributed by atoms with van der Waals surface area (Å²) in [6.07, 6.45) is 0. The second-order valence-electron chi connectivity index (χ2n) is 6.99. The van der Waals surface area contributed by atoms with Crippen LogP contribution in [0.25, 0.3) is 11.4 Å². The Kier molecular flexibility index (Phi) is 6.19. The van der Waals surface area contributed by atoms with Gasteiger partial charge in [0.1, 0.15) is 5.75 Å². The van der Waals surface area contributed by atoms with Crippen molar-refractivity contribution < 1.29 is 9.53 Å². The molecule has 0 fully saturated rings. The van der Waals surface area contributed by atoms with E-state index in [1.807, 2.05) is 62.4 Å². The minimum absolute atomic E-state index is 0.0919.